The Balaban J connectivity index is 1.34. The van der Waals surface area contributed by atoms with Crippen molar-refractivity contribution in [2.24, 2.45) is 0 Å². The summed E-state index contributed by atoms with van der Waals surface area (Å²) in [4.78, 5) is 37.0. The Hall–Kier alpha value is -3.90. The van der Waals surface area contributed by atoms with Gasteiger partial charge in [-0.3, -0.25) is 14.3 Å². The summed E-state index contributed by atoms with van der Waals surface area (Å²) in [5.74, 6) is 0.548. The average Bonchev–Trinajstić information content (AvgIpc) is 3.31. The maximum absolute atomic E-state index is 13.2. The van der Waals surface area contributed by atoms with Crippen LogP contribution in [-0.2, 0) is 16.6 Å². The molecule has 12 heteroatoms. The van der Waals surface area contributed by atoms with E-state index in [4.69, 9.17) is 0 Å². The third-order valence-electron chi connectivity index (χ3n) is 6.30. The van der Waals surface area contributed by atoms with Gasteiger partial charge < -0.3 is 15.0 Å². The van der Waals surface area contributed by atoms with Crippen molar-refractivity contribution in [3.05, 3.63) is 69.4 Å². The number of hydrogen-bond donors (Lipinski definition) is 3. The second kappa shape index (κ2) is 9.28. The lowest BCUT2D eigenvalue weighted by molar-refractivity contribution is 0.385. The summed E-state index contributed by atoms with van der Waals surface area (Å²) >= 11 is 0. The number of fused-ring (bicyclic) bond motifs is 1. The van der Waals surface area contributed by atoms with Gasteiger partial charge in [-0.05, 0) is 55.0 Å². The van der Waals surface area contributed by atoms with Crippen molar-refractivity contribution in [3.63, 3.8) is 0 Å². The first-order valence-corrected chi connectivity index (χ1v) is 13.1. The first kappa shape index (κ1) is 23.8. The van der Waals surface area contributed by atoms with E-state index < -0.39 is 21.3 Å². The summed E-state index contributed by atoms with van der Waals surface area (Å²) in [6, 6.07) is 13.1. The van der Waals surface area contributed by atoms with E-state index in [0.717, 1.165) is 10.3 Å². The van der Waals surface area contributed by atoms with Gasteiger partial charge in [0.15, 0.2) is 5.65 Å². The number of aromatic amines is 2. The number of sulfonamides is 1. The molecule has 0 saturated carbocycles. The lowest BCUT2D eigenvalue weighted by Crippen LogP contribution is -2.48. The van der Waals surface area contributed by atoms with Crippen LogP contribution in [0.15, 0.2) is 63.0 Å². The van der Waals surface area contributed by atoms with Crippen molar-refractivity contribution in [1.29, 1.82) is 0 Å². The van der Waals surface area contributed by atoms with E-state index in [1.165, 1.54) is 16.4 Å². The average molecular weight is 511 g/mol. The van der Waals surface area contributed by atoms with E-state index in [-0.39, 0.29) is 21.8 Å². The Labute approximate surface area is 206 Å². The number of aromatic nitrogens is 4. The molecule has 0 unspecified atom stereocenters. The molecule has 0 atom stereocenters. The smallest absolute Gasteiger partial charge is 0.330 e. The molecule has 1 fully saturated rings. The zero-order chi connectivity index (χ0) is 25.4. The Morgan fingerprint density at radius 3 is 2.25 bits per heavy atom. The number of hydrogen-bond acceptors (Lipinski definition) is 7. The molecule has 11 nitrogen and oxygen atoms in total. The van der Waals surface area contributed by atoms with E-state index in [2.05, 4.69) is 19.9 Å². The molecule has 1 saturated heterocycles. The molecule has 0 radical (unpaired) electrons. The molecule has 2 aromatic heterocycles. The first-order chi connectivity index (χ1) is 17.3. The summed E-state index contributed by atoms with van der Waals surface area (Å²) in [6.07, 6.45) is 0.636. The Morgan fingerprint density at radius 1 is 0.944 bits per heavy atom. The molecular formula is C24H26N6O5S. The fourth-order valence-corrected chi connectivity index (χ4v) is 5.78. The van der Waals surface area contributed by atoms with E-state index in [1.54, 1.807) is 24.3 Å². The molecule has 3 heterocycles. The van der Waals surface area contributed by atoms with Crippen LogP contribution in [0.2, 0.25) is 0 Å². The third-order valence-corrected chi connectivity index (χ3v) is 8.21. The number of benzene rings is 2. The van der Waals surface area contributed by atoms with E-state index in [0.29, 0.717) is 50.5 Å². The van der Waals surface area contributed by atoms with Gasteiger partial charge >= 0.3 is 5.69 Å². The van der Waals surface area contributed by atoms with Gasteiger partial charge in [-0.25, -0.2) is 18.2 Å². The van der Waals surface area contributed by atoms with E-state index >= 15 is 0 Å². The largest absolute Gasteiger partial charge is 0.508 e. The molecule has 0 bridgehead atoms. The monoisotopic (exact) mass is 510 g/mol. The van der Waals surface area contributed by atoms with Crippen LogP contribution >= 0.6 is 0 Å². The third kappa shape index (κ3) is 4.29. The number of phenolic OH excluding ortho intramolecular Hbond substituents is 1. The van der Waals surface area contributed by atoms with Crippen LogP contribution in [0.25, 0.3) is 22.6 Å². The van der Waals surface area contributed by atoms with E-state index in [9.17, 15) is 23.1 Å². The number of imidazole rings is 1. The minimum absolute atomic E-state index is 0.163. The summed E-state index contributed by atoms with van der Waals surface area (Å²) in [6.45, 7) is 3.93. The highest BCUT2D eigenvalue weighted by Gasteiger charge is 2.28. The summed E-state index contributed by atoms with van der Waals surface area (Å²) < 4.78 is 29.0. The maximum atomic E-state index is 13.2. The quantitative estimate of drug-likeness (QED) is 0.358. The molecule has 1 aliphatic rings. The highest BCUT2D eigenvalue weighted by Crippen LogP contribution is 2.25. The van der Waals surface area contributed by atoms with Crippen LogP contribution in [0.5, 0.6) is 5.75 Å². The second-order valence-electron chi connectivity index (χ2n) is 8.63. The van der Waals surface area contributed by atoms with Gasteiger partial charge in [-0.1, -0.05) is 6.92 Å². The lowest BCUT2D eigenvalue weighted by Gasteiger charge is -2.35. The van der Waals surface area contributed by atoms with Crippen LogP contribution in [0.3, 0.4) is 0 Å². The molecule has 0 spiro atoms. The molecule has 0 aliphatic carbocycles. The van der Waals surface area contributed by atoms with Gasteiger partial charge in [0.05, 0.1) is 4.90 Å². The number of piperazine rings is 1. The molecule has 2 aromatic carbocycles. The molecular weight excluding hydrogens is 484 g/mol. The van der Waals surface area contributed by atoms with E-state index in [1.807, 2.05) is 19.1 Å². The highest BCUT2D eigenvalue weighted by molar-refractivity contribution is 7.89. The fourth-order valence-electron chi connectivity index (χ4n) is 4.36. The Kier molecular flexibility index (Phi) is 6.14. The molecule has 5 rings (SSSR count). The summed E-state index contributed by atoms with van der Waals surface area (Å²) in [5, 5.41) is 9.47. The predicted molar refractivity (Wildman–Crippen MR) is 136 cm³/mol. The number of rotatable bonds is 6. The molecule has 0 amide bonds. The number of phenols is 1. The van der Waals surface area contributed by atoms with Crippen molar-refractivity contribution in [1.82, 2.24) is 23.8 Å². The second-order valence-corrected chi connectivity index (χ2v) is 10.6. The SMILES string of the molecule is CCCn1c(=O)[nH]c2nc(-c3ccc(S(=O)(=O)N4CCN(c5ccc(O)cc5)CC4)cc3)[nH]c2c1=O. The first-order valence-electron chi connectivity index (χ1n) is 11.7. The molecule has 3 N–H and O–H groups in total. The number of aromatic hydroxyl groups is 1. The van der Waals surface area contributed by atoms with Crippen LogP contribution in [0.4, 0.5) is 5.69 Å². The van der Waals surface area contributed by atoms with Crippen molar-refractivity contribution in [2.75, 3.05) is 31.1 Å². The molecule has 4 aromatic rings. The van der Waals surface area contributed by atoms with Gasteiger partial charge in [0.25, 0.3) is 5.56 Å². The molecule has 36 heavy (non-hydrogen) atoms. The van der Waals surface area contributed by atoms with Gasteiger partial charge in [0.1, 0.15) is 17.1 Å². The zero-order valence-electron chi connectivity index (χ0n) is 19.6. The number of nitrogens with zero attached hydrogens (tertiary/aromatic N) is 4. The number of anilines is 1. The minimum Gasteiger partial charge on any atom is -0.508 e. The fraction of sp³-hybridized carbons (Fsp3) is 0.292. The highest BCUT2D eigenvalue weighted by atomic mass is 32.2. The number of H-pyrrole nitrogens is 2. The standard InChI is InChI=1S/C24H26N6O5S/c1-2-11-30-23(32)20-22(27-24(30)33)26-21(25-20)16-3-9-19(10-4-16)36(34,35)29-14-12-28(13-15-29)17-5-7-18(31)8-6-17/h3-10,31H,2,11-15H2,1H3,(H,25,26)(H,27,33). The maximum Gasteiger partial charge on any atom is 0.330 e. The summed E-state index contributed by atoms with van der Waals surface area (Å²) in [5.41, 5.74) is 0.920. The van der Waals surface area contributed by atoms with Crippen molar-refractivity contribution in [2.45, 2.75) is 24.8 Å². The Bertz CT molecular complexity index is 1610. The van der Waals surface area contributed by atoms with Crippen molar-refractivity contribution < 1.29 is 13.5 Å². The topological polar surface area (TPSA) is 144 Å². The Morgan fingerprint density at radius 2 is 1.61 bits per heavy atom. The lowest BCUT2D eigenvalue weighted by atomic mass is 10.2. The van der Waals surface area contributed by atoms with Gasteiger partial charge in [0.2, 0.25) is 10.0 Å². The number of nitrogens with one attached hydrogen (secondary N) is 2. The minimum atomic E-state index is -3.69. The van der Waals surface area contributed by atoms with Crippen LogP contribution in [0.1, 0.15) is 13.3 Å². The van der Waals surface area contributed by atoms with Crippen molar-refractivity contribution >= 4 is 26.9 Å². The van der Waals surface area contributed by atoms with Crippen LogP contribution in [0, 0.1) is 0 Å². The van der Waals surface area contributed by atoms with Crippen LogP contribution in [-0.4, -0.2) is 63.5 Å². The normalized spacial score (nSPS) is 15.0. The van der Waals surface area contributed by atoms with Crippen molar-refractivity contribution in [3.8, 4) is 17.1 Å². The van der Waals surface area contributed by atoms with Crippen LogP contribution < -0.4 is 16.1 Å². The molecule has 1 aliphatic heterocycles. The van der Waals surface area contributed by atoms with Gasteiger partial charge in [-0.15, -0.1) is 0 Å². The van der Waals surface area contributed by atoms with Gasteiger partial charge in [-0.2, -0.15) is 4.31 Å². The zero-order valence-corrected chi connectivity index (χ0v) is 20.5. The predicted octanol–water partition coefficient (Wildman–Crippen LogP) is 1.71. The van der Waals surface area contributed by atoms with Gasteiger partial charge in [0, 0.05) is 44.0 Å². The molecule has 188 valence electrons. The summed E-state index contributed by atoms with van der Waals surface area (Å²) in [7, 11) is -3.69.